The van der Waals surface area contributed by atoms with Gasteiger partial charge >= 0.3 is 12.6 Å². The lowest BCUT2D eigenvalue weighted by Gasteiger charge is -2.20. The molecule has 1 aliphatic carbocycles. The van der Waals surface area contributed by atoms with Gasteiger partial charge in [-0.05, 0) is 36.5 Å². The fourth-order valence-corrected chi connectivity index (χ4v) is 2.81. The Bertz CT molecular complexity index is 615. The molecule has 2 rings (SSSR count). The van der Waals surface area contributed by atoms with E-state index in [0.29, 0.717) is 5.56 Å². The standard InChI is InChI=1S/C16H19F2NO4/c1-9(10-4-6-11(7-5-10)23-14(17)18)19-12(20)16(13(21)22)8-15(16,2)3/h4-7,9,14H,8H2,1-3H3,(H,19,20)(H,21,22). The summed E-state index contributed by atoms with van der Waals surface area (Å²) >= 11 is 0. The second-order valence-electron chi connectivity index (χ2n) is 6.41. The molecule has 0 heterocycles. The molecule has 1 saturated carbocycles. The predicted octanol–water partition coefficient (Wildman–Crippen LogP) is 2.97. The minimum Gasteiger partial charge on any atom is -0.480 e. The maximum Gasteiger partial charge on any atom is 0.387 e. The number of carbonyl (C=O) groups excluding carboxylic acids is 1. The zero-order valence-corrected chi connectivity index (χ0v) is 13.1. The SMILES string of the molecule is CC(NC(=O)C1(C(=O)O)CC1(C)C)c1ccc(OC(F)F)cc1. The summed E-state index contributed by atoms with van der Waals surface area (Å²) in [5.41, 5.74) is -1.32. The van der Waals surface area contributed by atoms with Crippen LogP contribution in [-0.2, 0) is 9.59 Å². The monoisotopic (exact) mass is 327 g/mol. The number of ether oxygens (including phenoxy) is 1. The Balaban J connectivity index is 2.06. The van der Waals surface area contributed by atoms with E-state index in [-0.39, 0.29) is 12.2 Å². The lowest BCUT2D eigenvalue weighted by Crippen LogP contribution is -2.41. The molecule has 0 bridgehead atoms. The van der Waals surface area contributed by atoms with Gasteiger partial charge in [0, 0.05) is 0 Å². The van der Waals surface area contributed by atoms with Crippen molar-refractivity contribution in [2.75, 3.05) is 0 Å². The Morgan fingerprint density at radius 2 is 1.78 bits per heavy atom. The minimum absolute atomic E-state index is 0.0209. The highest BCUT2D eigenvalue weighted by molar-refractivity contribution is 6.06. The lowest BCUT2D eigenvalue weighted by molar-refractivity contribution is -0.151. The number of carboxylic acids is 1. The van der Waals surface area contributed by atoms with Crippen molar-refractivity contribution in [3.63, 3.8) is 0 Å². The fraction of sp³-hybridized carbons (Fsp3) is 0.500. The first kappa shape index (κ1) is 17.2. The largest absolute Gasteiger partial charge is 0.480 e. The first-order valence-electron chi connectivity index (χ1n) is 7.19. The molecule has 0 saturated heterocycles. The van der Waals surface area contributed by atoms with E-state index in [2.05, 4.69) is 10.1 Å². The average molecular weight is 327 g/mol. The number of amides is 1. The normalized spacial score (nSPS) is 23.2. The van der Waals surface area contributed by atoms with E-state index in [1.54, 1.807) is 32.9 Å². The van der Waals surface area contributed by atoms with Gasteiger partial charge in [0.15, 0.2) is 5.41 Å². The molecule has 0 spiro atoms. The Hall–Kier alpha value is -2.18. The fourth-order valence-electron chi connectivity index (χ4n) is 2.81. The predicted molar refractivity (Wildman–Crippen MR) is 78.1 cm³/mol. The van der Waals surface area contributed by atoms with E-state index >= 15 is 0 Å². The molecular formula is C16H19F2NO4. The smallest absolute Gasteiger partial charge is 0.387 e. The summed E-state index contributed by atoms with van der Waals surface area (Å²) in [7, 11) is 0. The zero-order chi connectivity index (χ0) is 17.4. The number of hydrogen-bond acceptors (Lipinski definition) is 3. The molecule has 0 aromatic heterocycles. The minimum atomic E-state index is -2.90. The average Bonchev–Trinajstić information content (AvgIpc) is 3.03. The molecule has 126 valence electrons. The van der Waals surface area contributed by atoms with Crippen LogP contribution in [0.4, 0.5) is 8.78 Å². The third-order valence-electron chi connectivity index (χ3n) is 4.44. The van der Waals surface area contributed by atoms with Gasteiger partial charge in [-0.2, -0.15) is 8.78 Å². The summed E-state index contributed by atoms with van der Waals surface area (Å²) in [5.74, 6) is -1.64. The Morgan fingerprint density at radius 3 is 2.17 bits per heavy atom. The summed E-state index contributed by atoms with van der Waals surface area (Å²) in [5, 5.41) is 12.1. The topological polar surface area (TPSA) is 75.6 Å². The van der Waals surface area contributed by atoms with Crippen LogP contribution in [0.2, 0.25) is 0 Å². The summed E-state index contributed by atoms with van der Waals surface area (Å²) in [6, 6.07) is 5.40. The lowest BCUT2D eigenvalue weighted by atomic mass is 9.94. The Kier molecular flexibility index (Phi) is 4.32. The number of carboxylic acid groups (broad SMARTS) is 1. The van der Waals surface area contributed by atoms with Crippen LogP contribution < -0.4 is 10.1 Å². The van der Waals surface area contributed by atoms with Gasteiger partial charge in [0.25, 0.3) is 0 Å². The molecule has 5 nitrogen and oxygen atoms in total. The third-order valence-corrected chi connectivity index (χ3v) is 4.44. The zero-order valence-electron chi connectivity index (χ0n) is 13.1. The van der Waals surface area contributed by atoms with E-state index < -0.39 is 35.4 Å². The van der Waals surface area contributed by atoms with Gasteiger partial charge in [-0.3, -0.25) is 9.59 Å². The van der Waals surface area contributed by atoms with Gasteiger partial charge in [0.1, 0.15) is 5.75 Å². The molecule has 1 aromatic rings. The van der Waals surface area contributed by atoms with Crippen LogP contribution in [0.15, 0.2) is 24.3 Å². The second kappa shape index (κ2) is 5.79. The van der Waals surface area contributed by atoms with Gasteiger partial charge in [-0.1, -0.05) is 26.0 Å². The van der Waals surface area contributed by atoms with Gasteiger partial charge in [0.05, 0.1) is 6.04 Å². The van der Waals surface area contributed by atoms with E-state index in [9.17, 15) is 23.5 Å². The highest BCUT2D eigenvalue weighted by Crippen LogP contribution is 2.63. The maximum absolute atomic E-state index is 12.4. The van der Waals surface area contributed by atoms with Gasteiger partial charge in [0.2, 0.25) is 5.91 Å². The van der Waals surface area contributed by atoms with Crippen molar-refractivity contribution in [3.8, 4) is 5.75 Å². The summed E-state index contributed by atoms with van der Waals surface area (Å²) in [4.78, 5) is 23.8. The van der Waals surface area contributed by atoms with Crippen LogP contribution in [0, 0.1) is 10.8 Å². The van der Waals surface area contributed by atoms with E-state index in [1.165, 1.54) is 12.1 Å². The van der Waals surface area contributed by atoms with Gasteiger partial charge in [-0.15, -0.1) is 0 Å². The molecule has 1 amide bonds. The second-order valence-corrected chi connectivity index (χ2v) is 6.41. The third kappa shape index (κ3) is 3.13. The quantitative estimate of drug-likeness (QED) is 0.788. The number of benzene rings is 1. The van der Waals surface area contributed by atoms with Gasteiger partial charge < -0.3 is 15.2 Å². The van der Waals surface area contributed by atoms with Crippen LogP contribution in [0.3, 0.4) is 0 Å². The molecule has 1 aromatic carbocycles. The van der Waals surface area contributed by atoms with Crippen LogP contribution in [0.25, 0.3) is 0 Å². The van der Waals surface area contributed by atoms with E-state index in [1.807, 2.05) is 0 Å². The number of halogens is 2. The van der Waals surface area contributed by atoms with Crippen molar-refractivity contribution in [1.82, 2.24) is 5.32 Å². The molecule has 2 unspecified atom stereocenters. The molecule has 23 heavy (non-hydrogen) atoms. The Morgan fingerprint density at radius 1 is 1.26 bits per heavy atom. The number of rotatable bonds is 6. The molecule has 1 aliphatic rings. The summed E-state index contributed by atoms with van der Waals surface area (Å²) < 4.78 is 28.5. The summed E-state index contributed by atoms with van der Waals surface area (Å²) in [6.45, 7) is 2.28. The van der Waals surface area contributed by atoms with Crippen LogP contribution in [0.1, 0.15) is 38.8 Å². The van der Waals surface area contributed by atoms with Crippen molar-refractivity contribution in [1.29, 1.82) is 0 Å². The first-order valence-corrected chi connectivity index (χ1v) is 7.19. The van der Waals surface area contributed by atoms with Crippen molar-refractivity contribution >= 4 is 11.9 Å². The van der Waals surface area contributed by atoms with E-state index in [0.717, 1.165) is 0 Å². The number of aliphatic carboxylic acids is 1. The number of alkyl halides is 2. The van der Waals surface area contributed by atoms with Crippen molar-refractivity contribution in [3.05, 3.63) is 29.8 Å². The molecule has 2 atom stereocenters. The molecule has 2 N–H and O–H groups in total. The van der Waals surface area contributed by atoms with E-state index in [4.69, 9.17) is 0 Å². The molecule has 1 fully saturated rings. The number of hydrogen-bond donors (Lipinski definition) is 2. The first-order chi connectivity index (χ1) is 10.6. The summed E-state index contributed by atoms with van der Waals surface area (Å²) in [6.07, 6.45) is 0.287. The number of carbonyl (C=O) groups is 2. The maximum atomic E-state index is 12.4. The highest BCUT2D eigenvalue weighted by atomic mass is 19.3. The molecule has 0 radical (unpaired) electrons. The van der Waals surface area contributed by atoms with Crippen molar-refractivity contribution < 1.29 is 28.2 Å². The van der Waals surface area contributed by atoms with Crippen LogP contribution in [0.5, 0.6) is 5.75 Å². The molecule has 0 aliphatic heterocycles. The highest BCUT2D eigenvalue weighted by Gasteiger charge is 2.72. The van der Waals surface area contributed by atoms with Crippen molar-refractivity contribution in [2.45, 2.75) is 39.8 Å². The van der Waals surface area contributed by atoms with Crippen LogP contribution in [-0.4, -0.2) is 23.6 Å². The Labute approximate surface area is 132 Å². The van der Waals surface area contributed by atoms with Crippen LogP contribution >= 0.6 is 0 Å². The van der Waals surface area contributed by atoms with Crippen molar-refractivity contribution in [2.24, 2.45) is 10.8 Å². The molecular weight excluding hydrogens is 308 g/mol. The number of nitrogens with one attached hydrogen (secondary N) is 1. The molecule has 7 heteroatoms. The van der Waals surface area contributed by atoms with Gasteiger partial charge in [-0.25, -0.2) is 0 Å².